The molecule has 4 heteroatoms. The van der Waals surface area contributed by atoms with Crippen LogP contribution < -0.4 is 5.32 Å². The van der Waals surface area contributed by atoms with Crippen molar-refractivity contribution in [3.05, 3.63) is 59.1 Å². The molecule has 0 aromatic heterocycles. The van der Waals surface area contributed by atoms with Gasteiger partial charge in [0.15, 0.2) is 0 Å². The highest BCUT2D eigenvalue weighted by Gasteiger charge is 2.13. The standard InChI is InChI=1S/C15H14ClNO2/c1-10(15(18)19)11-5-4-6-12(9-11)17-14-8-3-2-7-13(14)16/h2-10,17H,1H3,(H,18,19)/t10-/m1/s1. The lowest BCUT2D eigenvalue weighted by atomic mass is 10.0. The van der Waals surface area contributed by atoms with Crippen molar-refractivity contribution in [2.45, 2.75) is 12.8 Å². The van der Waals surface area contributed by atoms with Crippen molar-refractivity contribution in [3.8, 4) is 0 Å². The molecule has 2 aromatic rings. The molecule has 0 fully saturated rings. The molecule has 0 spiro atoms. The summed E-state index contributed by atoms with van der Waals surface area (Å²) in [6.07, 6.45) is 0. The molecule has 0 saturated carbocycles. The SMILES string of the molecule is C[C@@H](C(=O)O)c1cccc(Nc2ccccc2Cl)c1. The van der Waals surface area contributed by atoms with Gasteiger partial charge in [-0.05, 0) is 36.8 Å². The average Bonchev–Trinajstić information content (AvgIpc) is 2.41. The summed E-state index contributed by atoms with van der Waals surface area (Å²) in [7, 11) is 0. The van der Waals surface area contributed by atoms with Gasteiger partial charge < -0.3 is 10.4 Å². The van der Waals surface area contributed by atoms with Gasteiger partial charge in [0.05, 0.1) is 16.6 Å². The maximum Gasteiger partial charge on any atom is 0.310 e. The molecule has 3 nitrogen and oxygen atoms in total. The van der Waals surface area contributed by atoms with Crippen molar-refractivity contribution in [2.24, 2.45) is 0 Å². The van der Waals surface area contributed by atoms with E-state index in [1.165, 1.54) is 0 Å². The minimum atomic E-state index is -0.838. The zero-order chi connectivity index (χ0) is 13.8. The summed E-state index contributed by atoms with van der Waals surface area (Å²) in [5.41, 5.74) is 2.37. The van der Waals surface area contributed by atoms with Crippen LogP contribution in [0.2, 0.25) is 5.02 Å². The minimum absolute atomic E-state index is 0.534. The van der Waals surface area contributed by atoms with E-state index in [0.29, 0.717) is 5.02 Å². The predicted octanol–water partition coefficient (Wildman–Crippen LogP) is 4.27. The van der Waals surface area contributed by atoms with Crippen LogP contribution in [0.1, 0.15) is 18.4 Å². The molecule has 19 heavy (non-hydrogen) atoms. The summed E-state index contributed by atoms with van der Waals surface area (Å²) in [6.45, 7) is 1.66. The molecule has 98 valence electrons. The second-order valence-corrected chi connectivity index (χ2v) is 4.70. The van der Waals surface area contributed by atoms with Crippen molar-refractivity contribution in [1.82, 2.24) is 0 Å². The molecule has 0 bridgehead atoms. The van der Waals surface area contributed by atoms with E-state index in [-0.39, 0.29) is 0 Å². The number of nitrogens with one attached hydrogen (secondary N) is 1. The lowest BCUT2D eigenvalue weighted by Crippen LogP contribution is -2.07. The highest BCUT2D eigenvalue weighted by atomic mass is 35.5. The summed E-state index contributed by atoms with van der Waals surface area (Å²) in [5, 5.41) is 12.8. The number of carboxylic acid groups (broad SMARTS) is 1. The molecular formula is C15H14ClNO2. The van der Waals surface area contributed by atoms with Gasteiger partial charge in [-0.3, -0.25) is 4.79 Å². The molecule has 2 rings (SSSR count). The number of hydrogen-bond donors (Lipinski definition) is 2. The van der Waals surface area contributed by atoms with E-state index in [1.54, 1.807) is 19.1 Å². The number of benzene rings is 2. The zero-order valence-corrected chi connectivity index (χ0v) is 11.2. The Morgan fingerprint density at radius 2 is 1.95 bits per heavy atom. The maximum absolute atomic E-state index is 11.0. The summed E-state index contributed by atoms with van der Waals surface area (Å²) >= 11 is 6.07. The Morgan fingerprint density at radius 1 is 1.21 bits per heavy atom. The van der Waals surface area contributed by atoms with Gasteiger partial charge in [0.25, 0.3) is 0 Å². The Balaban J connectivity index is 2.25. The van der Waals surface area contributed by atoms with Crippen molar-refractivity contribution >= 4 is 28.9 Å². The second kappa shape index (κ2) is 5.76. The Kier molecular flexibility index (Phi) is 4.07. The van der Waals surface area contributed by atoms with Gasteiger partial charge in [0.2, 0.25) is 0 Å². The van der Waals surface area contributed by atoms with E-state index in [0.717, 1.165) is 16.9 Å². The van der Waals surface area contributed by atoms with E-state index >= 15 is 0 Å². The molecule has 0 aliphatic heterocycles. The summed E-state index contributed by atoms with van der Waals surface area (Å²) in [4.78, 5) is 11.0. The van der Waals surface area contributed by atoms with Gasteiger partial charge in [-0.1, -0.05) is 35.9 Å². The number of halogens is 1. The first-order valence-electron chi connectivity index (χ1n) is 5.92. The predicted molar refractivity (Wildman–Crippen MR) is 77.2 cm³/mol. The number of aliphatic carboxylic acids is 1. The summed E-state index contributed by atoms with van der Waals surface area (Å²) in [6, 6.07) is 14.7. The lowest BCUT2D eigenvalue weighted by Gasteiger charge is -2.11. The van der Waals surface area contributed by atoms with E-state index in [4.69, 9.17) is 16.7 Å². The molecule has 2 aromatic carbocycles. The smallest absolute Gasteiger partial charge is 0.310 e. The third-order valence-electron chi connectivity index (χ3n) is 2.91. The summed E-state index contributed by atoms with van der Waals surface area (Å²) in [5.74, 6) is -1.37. The van der Waals surface area contributed by atoms with Crippen LogP contribution in [0.4, 0.5) is 11.4 Å². The maximum atomic E-state index is 11.0. The van der Waals surface area contributed by atoms with Crippen molar-refractivity contribution < 1.29 is 9.90 Å². The van der Waals surface area contributed by atoms with Gasteiger partial charge in [-0.15, -0.1) is 0 Å². The Bertz CT molecular complexity index is 598. The fourth-order valence-electron chi connectivity index (χ4n) is 1.75. The largest absolute Gasteiger partial charge is 0.481 e. The molecule has 0 saturated heterocycles. The number of rotatable bonds is 4. The molecule has 0 aliphatic carbocycles. The number of carboxylic acids is 1. The van der Waals surface area contributed by atoms with Crippen LogP contribution in [0.15, 0.2) is 48.5 Å². The first kappa shape index (κ1) is 13.4. The van der Waals surface area contributed by atoms with E-state index < -0.39 is 11.9 Å². The normalized spacial score (nSPS) is 11.9. The van der Waals surface area contributed by atoms with Gasteiger partial charge in [0, 0.05) is 5.69 Å². The number of carbonyl (C=O) groups is 1. The Hall–Kier alpha value is -2.00. The fourth-order valence-corrected chi connectivity index (χ4v) is 1.93. The highest BCUT2D eigenvalue weighted by molar-refractivity contribution is 6.33. The van der Waals surface area contributed by atoms with Crippen LogP contribution in [0.3, 0.4) is 0 Å². The topological polar surface area (TPSA) is 49.3 Å². The quantitative estimate of drug-likeness (QED) is 0.876. The van der Waals surface area contributed by atoms with Crippen LogP contribution in [0, 0.1) is 0 Å². The Labute approximate surface area is 116 Å². The van der Waals surface area contributed by atoms with Crippen molar-refractivity contribution in [2.75, 3.05) is 5.32 Å². The van der Waals surface area contributed by atoms with Gasteiger partial charge in [-0.25, -0.2) is 0 Å². The van der Waals surface area contributed by atoms with Crippen LogP contribution in [0.5, 0.6) is 0 Å². The van der Waals surface area contributed by atoms with E-state index in [9.17, 15) is 4.79 Å². The van der Waals surface area contributed by atoms with E-state index in [1.807, 2.05) is 36.4 Å². The number of anilines is 2. The summed E-state index contributed by atoms with van der Waals surface area (Å²) < 4.78 is 0. The first-order chi connectivity index (χ1) is 9.08. The molecule has 0 heterocycles. The molecule has 0 amide bonds. The van der Waals surface area contributed by atoms with Gasteiger partial charge >= 0.3 is 5.97 Å². The molecular weight excluding hydrogens is 262 g/mol. The average molecular weight is 276 g/mol. The molecule has 0 radical (unpaired) electrons. The zero-order valence-electron chi connectivity index (χ0n) is 10.4. The monoisotopic (exact) mass is 275 g/mol. The van der Waals surface area contributed by atoms with Gasteiger partial charge in [0.1, 0.15) is 0 Å². The van der Waals surface area contributed by atoms with Crippen LogP contribution in [0.25, 0.3) is 0 Å². The highest BCUT2D eigenvalue weighted by Crippen LogP contribution is 2.26. The Morgan fingerprint density at radius 3 is 2.63 bits per heavy atom. The van der Waals surface area contributed by atoms with Crippen molar-refractivity contribution in [1.29, 1.82) is 0 Å². The minimum Gasteiger partial charge on any atom is -0.481 e. The lowest BCUT2D eigenvalue weighted by molar-refractivity contribution is -0.138. The third kappa shape index (κ3) is 3.26. The first-order valence-corrected chi connectivity index (χ1v) is 6.30. The van der Waals surface area contributed by atoms with Crippen molar-refractivity contribution in [3.63, 3.8) is 0 Å². The van der Waals surface area contributed by atoms with Crippen LogP contribution in [-0.4, -0.2) is 11.1 Å². The second-order valence-electron chi connectivity index (χ2n) is 4.29. The van der Waals surface area contributed by atoms with Gasteiger partial charge in [-0.2, -0.15) is 0 Å². The molecule has 0 aliphatic rings. The molecule has 1 atom stereocenters. The number of para-hydroxylation sites is 1. The molecule has 2 N–H and O–H groups in total. The van der Waals surface area contributed by atoms with Crippen LogP contribution in [-0.2, 0) is 4.79 Å². The third-order valence-corrected chi connectivity index (χ3v) is 3.24. The number of hydrogen-bond acceptors (Lipinski definition) is 2. The van der Waals surface area contributed by atoms with Crippen LogP contribution >= 0.6 is 11.6 Å². The fraction of sp³-hybridized carbons (Fsp3) is 0.133. The molecule has 0 unspecified atom stereocenters. The van der Waals surface area contributed by atoms with E-state index in [2.05, 4.69) is 5.32 Å².